The maximum atomic E-state index is 13.3. The number of anilines is 1. The van der Waals surface area contributed by atoms with E-state index < -0.39 is 32.7 Å². The van der Waals surface area contributed by atoms with Gasteiger partial charge < -0.3 is 10.1 Å². The van der Waals surface area contributed by atoms with Crippen molar-refractivity contribution in [1.82, 2.24) is 0 Å². The molecule has 2 atom stereocenters. The third-order valence-corrected chi connectivity index (χ3v) is 3.88. The molecule has 1 amide bonds. The minimum absolute atomic E-state index is 0.00163. The molecule has 0 aromatic heterocycles. The summed E-state index contributed by atoms with van der Waals surface area (Å²) in [7, 11) is -4.03. The van der Waals surface area contributed by atoms with E-state index in [1.807, 2.05) is 6.92 Å². The van der Waals surface area contributed by atoms with Gasteiger partial charge in [-0.15, -0.1) is 0 Å². The number of rotatable bonds is 3. The van der Waals surface area contributed by atoms with Gasteiger partial charge >= 0.3 is 0 Å². The second-order valence-corrected chi connectivity index (χ2v) is 6.28. The van der Waals surface area contributed by atoms with E-state index in [9.17, 15) is 17.6 Å². The summed E-state index contributed by atoms with van der Waals surface area (Å²) in [5.74, 6) is -1.23. The number of ether oxygens (including phenoxy) is 1. The van der Waals surface area contributed by atoms with Crippen molar-refractivity contribution in [2.75, 3.05) is 5.32 Å². The lowest BCUT2D eigenvalue weighted by Gasteiger charge is -2.12. The maximum Gasteiger partial charge on any atom is 0.253 e. The summed E-state index contributed by atoms with van der Waals surface area (Å²) < 4.78 is 41.1. The summed E-state index contributed by atoms with van der Waals surface area (Å²) in [6, 6.07) is 2.92. The van der Waals surface area contributed by atoms with Crippen molar-refractivity contribution in [3.05, 3.63) is 24.0 Å². The van der Waals surface area contributed by atoms with Crippen molar-refractivity contribution in [1.29, 1.82) is 0 Å². The van der Waals surface area contributed by atoms with Crippen molar-refractivity contribution >= 4 is 21.6 Å². The monoisotopic (exact) mass is 302 g/mol. The Bertz CT molecular complexity index is 632. The molecule has 1 aliphatic rings. The number of nitrogens with two attached hydrogens (primary N) is 1. The molecule has 3 N–H and O–H groups in total. The first-order valence-electron chi connectivity index (χ1n) is 6.05. The fraction of sp³-hybridized carbons (Fsp3) is 0.417. The van der Waals surface area contributed by atoms with Gasteiger partial charge in [-0.05, 0) is 38.0 Å². The van der Waals surface area contributed by atoms with Crippen molar-refractivity contribution in [3.63, 3.8) is 0 Å². The largest absolute Gasteiger partial charge is 0.365 e. The highest BCUT2D eigenvalue weighted by atomic mass is 32.2. The lowest BCUT2D eigenvalue weighted by molar-refractivity contribution is -0.126. The van der Waals surface area contributed by atoms with Crippen molar-refractivity contribution in [2.45, 2.75) is 36.9 Å². The van der Waals surface area contributed by atoms with Gasteiger partial charge in [0.15, 0.2) is 0 Å². The Labute approximate surface area is 116 Å². The molecule has 0 aliphatic carbocycles. The zero-order chi connectivity index (χ0) is 14.9. The standard InChI is InChI=1S/C12H15FN2O4S/c1-7-2-3-11(19-7)12(16)15-9-4-8(13)5-10(6-9)20(14,17)18/h4-7,11H,2-3H2,1H3,(H,15,16)(H2,14,17,18). The van der Waals surface area contributed by atoms with Crippen LogP contribution in [0.2, 0.25) is 0 Å². The number of carbonyl (C=O) groups excluding carboxylic acids is 1. The van der Waals surface area contributed by atoms with Crippen LogP contribution in [0, 0.1) is 5.82 Å². The predicted molar refractivity (Wildman–Crippen MR) is 70.0 cm³/mol. The fourth-order valence-electron chi connectivity index (χ4n) is 2.02. The van der Waals surface area contributed by atoms with Crippen LogP contribution in [0.1, 0.15) is 19.8 Å². The number of amides is 1. The number of sulfonamides is 1. The summed E-state index contributed by atoms with van der Waals surface area (Å²) in [6.07, 6.45) is 0.734. The number of nitrogens with one attached hydrogen (secondary N) is 1. The number of carbonyl (C=O) groups is 1. The van der Waals surface area contributed by atoms with Gasteiger partial charge in [0.2, 0.25) is 10.0 Å². The highest BCUT2D eigenvalue weighted by Gasteiger charge is 2.28. The Morgan fingerprint density at radius 2 is 2.10 bits per heavy atom. The topological polar surface area (TPSA) is 98.5 Å². The average molecular weight is 302 g/mol. The molecule has 2 unspecified atom stereocenters. The molecule has 110 valence electrons. The highest BCUT2D eigenvalue weighted by molar-refractivity contribution is 7.89. The first kappa shape index (κ1) is 14.9. The predicted octanol–water partition coefficient (Wildman–Crippen LogP) is 0.979. The third kappa shape index (κ3) is 3.53. The van der Waals surface area contributed by atoms with Gasteiger partial charge in [-0.25, -0.2) is 17.9 Å². The Hall–Kier alpha value is -1.51. The highest BCUT2D eigenvalue weighted by Crippen LogP contribution is 2.22. The van der Waals surface area contributed by atoms with E-state index in [-0.39, 0.29) is 11.8 Å². The summed E-state index contributed by atoms with van der Waals surface area (Å²) in [5, 5.41) is 7.37. The molecule has 1 aliphatic heterocycles. The molecule has 1 aromatic carbocycles. The van der Waals surface area contributed by atoms with Gasteiger partial charge in [0.05, 0.1) is 11.0 Å². The molecule has 20 heavy (non-hydrogen) atoms. The normalized spacial score (nSPS) is 22.8. The van der Waals surface area contributed by atoms with Gasteiger partial charge in [-0.3, -0.25) is 4.79 Å². The van der Waals surface area contributed by atoms with E-state index in [4.69, 9.17) is 9.88 Å². The number of primary sulfonamides is 1. The van der Waals surface area contributed by atoms with Crippen molar-refractivity contribution in [3.8, 4) is 0 Å². The molecule has 1 saturated heterocycles. The average Bonchev–Trinajstić information content (AvgIpc) is 2.74. The van der Waals surface area contributed by atoms with Crippen LogP contribution in [-0.2, 0) is 19.6 Å². The summed E-state index contributed by atoms with van der Waals surface area (Å²) in [5.41, 5.74) is 0.0298. The first-order valence-corrected chi connectivity index (χ1v) is 7.60. The molecular formula is C12H15FN2O4S. The van der Waals surface area contributed by atoms with E-state index in [1.54, 1.807) is 0 Å². The Morgan fingerprint density at radius 1 is 1.40 bits per heavy atom. The molecule has 1 fully saturated rings. The van der Waals surface area contributed by atoms with Crippen LogP contribution in [0.4, 0.5) is 10.1 Å². The van der Waals surface area contributed by atoms with Crippen LogP contribution in [0.5, 0.6) is 0 Å². The molecule has 0 spiro atoms. The minimum Gasteiger partial charge on any atom is -0.365 e. The SMILES string of the molecule is CC1CCC(C(=O)Nc2cc(F)cc(S(N)(=O)=O)c2)O1. The van der Waals surface area contributed by atoms with Crippen LogP contribution in [-0.4, -0.2) is 26.5 Å². The minimum atomic E-state index is -4.03. The fourth-order valence-corrected chi connectivity index (χ4v) is 2.59. The van der Waals surface area contributed by atoms with E-state index in [2.05, 4.69) is 5.32 Å². The molecule has 0 bridgehead atoms. The van der Waals surface area contributed by atoms with Gasteiger partial charge in [-0.1, -0.05) is 0 Å². The Balaban J connectivity index is 2.17. The van der Waals surface area contributed by atoms with E-state index in [0.29, 0.717) is 6.42 Å². The van der Waals surface area contributed by atoms with Crippen LogP contribution >= 0.6 is 0 Å². The Kier molecular flexibility index (Phi) is 4.07. The molecule has 0 saturated carbocycles. The third-order valence-electron chi connectivity index (χ3n) is 2.99. The second-order valence-electron chi connectivity index (χ2n) is 4.72. The quantitative estimate of drug-likeness (QED) is 0.869. The van der Waals surface area contributed by atoms with Crippen molar-refractivity contribution in [2.24, 2.45) is 5.14 Å². The smallest absolute Gasteiger partial charge is 0.253 e. The van der Waals surface area contributed by atoms with Gasteiger partial charge in [-0.2, -0.15) is 0 Å². The van der Waals surface area contributed by atoms with E-state index >= 15 is 0 Å². The molecule has 8 heteroatoms. The maximum absolute atomic E-state index is 13.3. The van der Waals surface area contributed by atoms with Crippen LogP contribution in [0.25, 0.3) is 0 Å². The summed E-state index contributed by atoms with van der Waals surface area (Å²) >= 11 is 0. The lowest BCUT2D eigenvalue weighted by atomic mass is 10.2. The van der Waals surface area contributed by atoms with E-state index in [1.165, 1.54) is 0 Å². The molecule has 2 rings (SSSR count). The lowest BCUT2D eigenvalue weighted by Crippen LogP contribution is -2.27. The summed E-state index contributed by atoms with van der Waals surface area (Å²) in [4.78, 5) is 11.5. The van der Waals surface area contributed by atoms with Crippen LogP contribution < -0.4 is 10.5 Å². The molecule has 6 nitrogen and oxygen atoms in total. The van der Waals surface area contributed by atoms with Gasteiger partial charge in [0, 0.05) is 5.69 Å². The molecular weight excluding hydrogens is 287 g/mol. The first-order chi connectivity index (χ1) is 9.25. The zero-order valence-corrected chi connectivity index (χ0v) is 11.6. The van der Waals surface area contributed by atoms with Gasteiger partial charge in [0.25, 0.3) is 5.91 Å². The number of hydrogen-bond donors (Lipinski definition) is 2. The second kappa shape index (κ2) is 5.47. The zero-order valence-electron chi connectivity index (χ0n) is 10.8. The van der Waals surface area contributed by atoms with E-state index in [0.717, 1.165) is 24.6 Å². The summed E-state index contributed by atoms with van der Waals surface area (Å²) in [6.45, 7) is 1.86. The molecule has 1 aromatic rings. The number of hydrogen-bond acceptors (Lipinski definition) is 4. The number of benzene rings is 1. The van der Waals surface area contributed by atoms with Crippen molar-refractivity contribution < 1.29 is 22.3 Å². The van der Waals surface area contributed by atoms with Gasteiger partial charge in [0.1, 0.15) is 11.9 Å². The number of halogens is 1. The van der Waals surface area contributed by atoms with Crippen LogP contribution in [0.3, 0.4) is 0 Å². The molecule has 0 radical (unpaired) electrons. The molecule has 1 heterocycles. The van der Waals surface area contributed by atoms with Crippen LogP contribution in [0.15, 0.2) is 23.1 Å². The Morgan fingerprint density at radius 3 is 2.65 bits per heavy atom.